The first kappa shape index (κ1) is 13.3. The highest BCUT2D eigenvalue weighted by atomic mass is 32.1. The molecule has 2 N–H and O–H groups in total. The van der Waals surface area contributed by atoms with E-state index in [4.69, 9.17) is 10.5 Å². The van der Waals surface area contributed by atoms with Crippen molar-refractivity contribution in [2.24, 2.45) is 0 Å². The predicted molar refractivity (Wildman–Crippen MR) is 82.7 cm³/mol. The van der Waals surface area contributed by atoms with Gasteiger partial charge < -0.3 is 10.5 Å². The van der Waals surface area contributed by atoms with Gasteiger partial charge in [0.05, 0.1) is 22.2 Å². The Balaban J connectivity index is 2.12. The van der Waals surface area contributed by atoms with E-state index >= 15 is 0 Å². The van der Waals surface area contributed by atoms with Gasteiger partial charge in [-0.25, -0.2) is 4.98 Å². The van der Waals surface area contributed by atoms with Crippen LogP contribution < -0.4 is 10.5 Å². The molecule has 0 saturated carbocycles. The molecule has 2 aromatic carbocycles. The number of thiazole rings is 1. The van der Waals surface area contributed by atoms with Gasteiger partial charge in [-0.3, -0.25) is 10.1 Å². The summed E-state index contributed by atoms with van der Waals surface area (Å²) in [5.74, 6) is 0.751. The number of nitrogens with zero attached hydrogens (tertiary/aromatic N) is 2. The summed E-state index contributed by atoms with van der Waals surface area (Å²) in [6.45, 7) is 0. The fraction of sp³-hybridized carbons (Fsp3) is 0.0714. The number of methoxy groups -OCH3 is 1. The van der Waals surface area contributed by atoms with Crippen LogP contribution in [0.15, 0.2) is 36.4 Å². The molecule has 0 unspecified atom stereocenters. The number of nitro benzene ring substituents is 1. The number of hydrogen-bond donors (Lipinski definition) is 1. The Hall–Kier alpha value is -2.67. The summed E-state index contributed by atoms with van der Waals surface area (Å²) < 4.78 is 6.14. The molecule has 0 atom stereocenters. The number of rotatable bonds is 3. The average molecular weight is 301 g/mol. The lowest BCUT2D eigenvalue weighted by molar-refractivity contribution is -0.383. The summed E-state index contributed by atoms with van der Waals surface area (Å²) in [5, 5.41) is 11.7. The Kier molecular flexibility index (Phi) is 3.19. The van der Waals surface area contributed by atoms with Crippen molar-refractivity contribution in [3.63, 3.8) is 0 Å². The highest BCUT2D eigenvalue weighted by molar-refractivity contribution is 7.21. The van der Waals surface area contributed by atoms with Crippen LogP contribution in [0.4, 0.5) is 11.4 Å². The molecule has 0 saturated heterocycles. The Morgan fingerprint density at radius 1 is 1.29 bits per heavy atom. The third-order valence-corrected chi connectivity index (χ3v) is 4.14. The van der Waals surface area contributed by atoms with E-state index in [0.29, 0.717) is 10.6 Å². The van der Waals surface area contributed by atoms with Crippen LogP contribution in [0.3, 0.4) is 0 Å². The number of fused-ring (bicyclic) bond motifs is 1. The lowest BCUT2D eigenvalue weighted by Crippen LogP contribution is -1.95. The Bertz CT molecular complexity index is 845. The van der Waals surface area contributed by atoms with Crippen LogP contribution in [-0.4, -0.2) is 17.0 Å². The SMILES string of the molecule is COc1ccc2nc(-c3ccc(N)c([N+](=O)[O-])c3)sc2c1. The molecule has 0 aliphatic heterocycles. The normalized spacial score (nSPS) is 10.7. The lowest BCUT2D eigenvalue weighted by Gasteiger charge is -1.99. The largest absolute Gasteiger partial charge is 0.497 e. The van der Waals surface area contributed by atoms with Crippen molar-refractivity contribution in [2.45, 2.75) is 0 Å². The Morgan fingerprint density at radius 3 is 2.81 bits per heavy atom. The van der Waals surface area contributed by atoms with Crippen LogP contribution in [-0.2, 0) is 0 Å². The number of aromatic nitrogens is 1. The smallest absolute Gasteiger partial charge is 0.292 e. The molecule has 7 heteroatoms. The number of nitrogen functional groups attached to an aromatic ring is 1. The molecule has 6 nitrogen and oxygen atoms in total. The molecule has 106 valence electrons. The summed E-state index contributed by atoms with van der Waals surface area (Å²) in [5.41, 5.74) is 7.15. The van der Waals surface area contributed by atoms with E-state index in [2.05, 4.69) is 4.98 Å². The Morgan fingerprint density at radius 2 is 2.10 bits per heavy atom. The summed E-state index contributed by atoms with van der Waals surface area (Å²) in [6.07, 6.45) is 0. The quantitative estimate of drug-likeness (QED) is 0.454. The molecule has 21 heavy (non-hydrogen) atoms. The summed E-state index contributed by atoms with van der Waals surface area (Å²) in [7, 11) is 1.60. The van der Waals surface area contributed by atoms with Gasteiger partial charge >= 0.3 is 0 Å². The maximum absolute atomic E-state index is 11.0. The van der Waals surface area contributed by atoms with Gasteiger partial charge in [-0.2, -0.15) is 0 Å². The van der Waals surface area contributed by atoms with E-state index in [1.54, 1.807) is 13.2 Å². The molecule has 0 bridgehead atoms. The van der Waals surface area contributed by atoms with Crippen molar-refractivity contribution < 1.29 is 9.66 Å². The van der Waals surface area contributed by atoms with Crippen molar-refractivity contribution in [2.75, 3.05) is 12.8 Å². The van der Waals surface area contributed by atoms with Gasteiger partial charge in [0, 0.05) is 11.6 Å². The molecule has 1 heterocycles. The second-order valence-electron chi connectivity index (χ2n) is 4.38. The average Bonchev–Trinajstić information content (AvgIpc) is 2.90. The molecule has 3 rings (SSSR count). The van der Waals surface area contributed by atoms with Crippen molar-refractivity contribution in [3.8, 4) is 16.3 Å². The topological polar surface area (TPSA) is 91.3 Å². The van der Waals surface area contributed by atoms with Gasteiger partial charge in [-0.05, 0) is 30.3 Å². The van der Waals surface area contributed by atoms with E-state index in [1.807, 2.05) is 18.2 Å². The fourth-order valence-electron chi connectivity index (χ4n) is 1.99. The van der Waals surface area contributed by atoms with Crippen molar-refractivity contribution in [1.82, 2.24) is 4.98 Å². The molecular weight excluding hydrogens is 290 g/mol. The monoisotopic (exact) mass is 301 g/mol. The third kappa shape index (κ3) is 2.38. The molecular formula is C14H11N3O3S. The number of ether oxygens (including phenoxy) is 1. The highest BCUT2D eigenvalue weighted by Crippen LogP contribution is 2.35. The van der Waals surface area contributed by atoms with Crippen molar-refractivity contribution in [3.05, 3.63) is 46.5 Å². The number of nitro groups is 1. The first-order valence-electron chi connectivity index (χ1n) is 6.07. The number of benzene rings is 2. The zero-order valence-corrected chi connectivity index (χ0v) is 11.9. The third-order valence-electron chi connectivity index (χ3n) is 3.07. The van der Waals surface area contributed by atoms with Crippen LogP contribution in [0.2, 0.25) is 0 Å². The zero-order chi connectivity index (χ0) is 15.0. The van der Waals surface area contributed by atoms with Gasteiger partial charge in [0.15, 0.2) is 0 Å². The highest BCUT2D eigenvalue weighted by Gasteiger charge is 2.15. The van der Waals surface area contributed by atoms with Crippen LogP contribution in [0.5, 0.6) is 5.75 Å². The van der Waals surface area contributed by atoms with Gasteiger partial charge in [0.25, 0.3) is 5.69 Å². The lowest BCUT2D eigenvalue weighted by atomic mass is 10.2. The van der Waals surface area contributed by atoms with E-state index in [9.17, 15) is 10.1 Å². The molecule has 0 aliphatic rings. The first-order chi connectivity index (χ1) is 10.1. The molecule has 0 radical (unpaired) electrons. The maximum Gasteiger partial charge on any atom is 0.292 e. The number of nitrogens with two attached hydrogens (primary N) is 1. The molecule has 0 spiro atoms. The summed E-state index contributed by atoms with van der Waals surface area (Å²) >= 11 is 1.45. The first-order valence-corrected chi connectivity index (χ1v) is 6.89. The van der Waals surface area contributed by atoms with Crippen molar-refractivity contribution >= 4 is 32.9 Å². The summed E-state index contributed by atoms with van der Waals surface area (Å²) in [6, 6.07) is 10.3. The molecule has 0 aliphatic carbocycles. The van der Waals surface area contributed by atoms with E-state index in [-0.39, 0.29) is 11.4 Å². The van der Waals surface area contributed by atoms with Gasteiger partial charge in [-0.15, -0.1) is 11.3 Å². The maximum atomic E-state index is 11.0. The number of anilines is 1. The Labute approximate surface area is 124 Å². The van der Waals surface area contributed by atoms with Gasteiger partial charge in [0.2, 0.25) is 0 Å². The van der Waals surface area contributed by atoms with Crippen LogP contribution in [0.1, 0.15) is 0 Å². The van der Waals surface area contributed by atoms with E-state index < -0.39 is 4.92 Å². The summed E-state index contributed by atoms with van der Waals surface area (Å²) in [4.78, 5) is 15.0. The predicted octanol–water partition coefficient (Wildman–Crippen LogP) is 3.46. The van der Waals surface area contributed by atoms with E-state index in [1.165, 1.54) is 23.5 Å². The van der Waals surface area contributed by atoms with Crippen molar-refractivity contribution in [1.29, 1.82) is 0 Å². The molecule has 0 fully saturated rings. The van der Waals surface area contributed by atoms with Gasteiger partial charge in [0.1, 0.15) is 16.4 Å². The van der Waals surface area contributed by atoms with Crippen LogP contribution >= 0.6 is 11.3 Å². The fourth-order valence-corrected chi connectivity index (χ4v) is 2.98. The minimum atomic E-state index is -0.491. The standard InChI is InChI=1S/C14H11N3O3S/c1-20-9-3-5-11-13(7-9)21-14(16-11)8-2-4-10(15)12(6-8)17(18)19/h2-7H,15H2,1H3. The molecule has 0 amide bonds. The second-order valence-corrected chi connectivity index (χ2v) is 5.41. The zero-order valence-electron chi connectivity index (χ0n) is 11.1. The minimum absolute atomic E-state index is 0.107. The second kappa shape index (κ2) is 5.02. The number of hydrogen-bond acceptors (Lipinski definition) is 6. The molecule has 1 aromatic heterocycles. The van der Waals surface area contributed by atoms with E-state index in [0.717, 1.165) is 16.0 Å². The minimum Gasteiger partial charge on any atom is -0.497 e. The van der Waals surface area contributed by atoms with Crippen LogP contribution in [0.25, 0.3) is 20.8 Å². The van der Waals surface area contributed by atoms with Gasteiger partial charge in [-0.1, -0.05) is 0 Å². The van der Waals surface area contributed by atoms with Crippen LogP contribution in [0, 0.1) is 10.1 Å². The molecule has 3 aromatic rings.